The molecular weight excluding hydrogens is 222 g/mol. The number of rotatable bonds is 6. The molecule has 0 aromatic carbocycles. The molecule has 7 nitrogen and oxygen atoms in total. The molecule has 0 spiro atoms. The molecule has 1 N–H and O–H groups in total. The summed E-state index contributed by atoms with van der Waals surface area (Å²) in [4.78, 5) is 10.4. The maximum Gasteiger partial charge on any atom is 0.333 e. The fraction of sp³-hybridized carbons (Fsp3) is 0.600. The minimum absolute atomic E-state index is 0.0211. The number of nitrogens with zero attached hydrogens (tertiary/aromatic N) is 4. The van der Waals surface area contributed by atoms with Crippen molar-refractivity contribution >= 4 is 11.5 Å². The van der Waals surface area contributed by atoms with Crippen molar-refractivity contribution in [3.63, 3.8) is 0 Å². The fourth-order valence-electron chi connectivity index (χ4n) is 1.60. The van der Waals surface area contributed by atoms with E-state index in [1.165, 1.54) is 4.68 Å². The monoisotopic (exact) mass is 237 g/mol. The molecule has 0 saturated heterocycles. The quantitative estimate of drug-likeness (QED) is 0.461. The van der Waals surface area contributed by atoms with Crippen LogP contribution in [0.5, 0.6) is 0 Å². The van der Waals surface area contributed by atoms with Crippen LogP contribution >= 0.6 is 0 Å². The molecule has 17 heavy (non-hydrogen) atoms. The van der Waals surface area contributed by atoms with Crippen molar-refractivity contribution < 1.29 is 4.92 Å². The molecule has 0 atom stereocenters. The van der Waals surface area contributed by atoms with E-state index in [-0.39, 0.29) is 5.69 Å². The summed E-state index contributed by atoms with van der Waals surface area (Å²) in [5, 5.41) is 26.2. The predicted molar refractivity (Wildman–Crippen MR) is 62.6 cm³/mol. The highest BCUT2D eigenvalue weighted by Crippen LogP contribution is 2.27. The van der Waals surface area contributed by atoms with Crippen LogP contribution in [0.25, 0.3) is 0 Å². The Bertz CT molecular complexity index is 446. The molecule has 1 aromatic rings. The lowest BCUT2D eigenvalue weighted by Gasteiger charge is -2.04. The minimum atomic E-state index is -0.431. The molecule has 0 aliphatic rings. The van der Waals surface area contributed by atoms with Crippen LogP contribution in [0.2, 0.25) is 0 Å². The lowest BCUT2D eigenvalue weighted by molar-refractivity contribution is -0.384. The number of hydrogen-bond donors (Lipinski definition) is 1. The Balaban J connectivity index is 2.64. The summed E-state index contributed by atoms with van der Waals surface area (Å²) < 4.78 is 1.47. The zero-order chi connectivity index (χ0) is 12.8. The largest absolute Gasteiger partial charge is 0.365 e. The summed E-state index contributed by atoms with van der Waals surface area (Å²) in [6.45, 7) is 2.21. The second-order valence-electron chi connectivity index (χ2n) is 3.71. The van der Waals surface area contributed by atoms with Crippen LogP contribution in [0.1, 0.15) is 25.0 Å². The highest BCUT2D eigenvalue weighted by molar-refractivity contribution is 5.59. The molecule has 1 aromatic heterocycles. The van der Waals surface area contributed by atoms with Gasteiger partial charge >= 0.3 is 5.69 Å². The lowest BCUT2D eigenvalue weighted by Crippen LogP contribution is -2.07. The number of nitro groups is 1. The minimum Gasteiger partial charge on any atom is -0.365 e. The Morgan fingerprint density at radius 3 is 2.88 bits per heavy atom. The van der Waals surface area contributed by atoms with E-state index >= 15 is 0 Å². The normalized spacial score (nSPS) is 9.94. The summed E-state index contributed by atoms with van der Waals surface area (Å²) in [6, 6.07) is 2.06. The number of nitriles is 1. The van der Waals surface area contributed by atoms with Gasteiger partial charge in [0.2, 0.25) is 5.82 Å². The molecule has 0 radical (unpaired) electrons. The van der Waals surface area contributed by atoms with E-state index in [0.717, 1.165) is 12.8 Å². The summed E-state index contributed by atoms with van der Waals surface area (Å²) in [6.07, 6.45) is 2.09. The third-order valence-electron chi connectivity index (χ3n) is 2.38. The van der Waals surface area contributed by atoms with Gasteiger partial charge in [-0.3, -0.25) is 10.1 Å². The van der Waals surface area contributed by atoms with Crippen molar-refractivity contribution in [3.8, 4) is 6.07 Å². The standard InChI is InChI=1S/C10H15N5O2/c1-8-9(15(16)17)10(14(2)13-8)12-7-5-3-4-6-11/h12H,3-5,7H2,1-2H3. The number of hydrogen-bond acceptors (Lipinski definition) is 5. The van der Waals surface area contributed by atoms with Crippen molar-refractivity contribution in [2.75, 3.05) is 11.9 Å². The lowest BCUT2D eigenvalue weighted by atomic mass is 10.2. The van der Waals surface area contributed by atoms with E-state index in [2.05, 4.69) is 16.5 Å². The van der Waals surface area contributed by atoms with Gasteiger partial charge in [0, 0.05) is 20.0 Å². The second kappa shape index (κ2) is 5.84. The fourth-order valence-corrected chi connectivity index (χ4v) is 1.60. The molecule has 0 amide bonds. The number of aryl methyl sites for hydroxylation is 2. The first kappa shape index (κ1) is 13.0. The average Bonchev–Trinajstić information content (AvgIpc) is 2.53. The Morgan fingerprint density at radius 2 is 2.29 bits per heavy atom. The van der Waals surface area contributed by atoms with E-state index < -0.39 is 4.92 Å². The summed E-state index contributed by atoms with van der Waals surface area (Å²) >= 11 is 0. The Hall–Kier alpha value is -2.10. The number of unbranched alkanes of at least 4 members (excludes halogenated alkanes) is 2. The van der Waals surface area contributed by atoms with Crippen molar-refractivity contribution in [2.45, 2.75) is 26.2 Å². The Labute approximate surface area is 99.2 Å². The van der Waals surface area contributed by atoms with Crippen LogP contribution < -0.4 is 5.32 Å². The smallest absolute Gasteiger partial charge is 0.333 e. The van der Waals surface area contributed by atoms with Gasteiger partial charge in [-0.2, -0.15) is 10.4 Å². The molecule has 0 saturated carbocycles. The SMILES string of the molecule is Cc1nn(C)c(NCCCCC#N)c1[N+](=O)[O-]. The molecule has 0 bridgehead atoms. The van der Waals surface area contributed by atoms with E-state index in [0.29, 0.717) is 24.5 Å². The first-order valence-corrected chi connectivity index (χ1v) is 5.36. The molecular formula is C10H15N5O2. The van der Waals surface area contributed by atoms with E-state index in [4.69, 9.17) is 5.26 Å². The first-order chi connectivity index (χ1) is 8.07. The zero-order valence-corrected chi connectivity index (χ0v) is 9.93. The van der Waals surface area contributed by atoms with Crippen molar-refractivity contribution in [3.05, 3.63) is 15.8 Å². The van der Waals surface area contributed by atoms with E-state index in [1.54, 1.807) is 14.0 Å². The van der Waals surface area contributed by atoms with Gasteiger partial charge in [-0.15, -0.1) is 0 Å². The molecule has 0 aliphatic heterocycles. The van der Waals surface area contributed by atoms with Gasteiger partial charge < -0.3 is 5.32 Å². The van der Waals surface area contributed by atoms with E-state index in [1.807, 2.05) is 0 Å². The Kier molecular flexibility index (Phi) is 4.46. The molecule has 92 valence electrons. The predicted octanol–water partition coefficient (Wildman–Crippen LogP) is 1.74. The van der Waals surface area contributed by atoms with Crippen LogP contribution in [-0.2, 0) is 7.05 Å². The molecule has 1 heterocycles. The van der Waals surface area contributed by atoms with Gasteiger partial charge in [0.25, 0.3) is 0 Å². The number of nitrogens with one attached hydrogen (secondary N) is 1. The second-order valence-corrected chi connectivity index (χ2v) is 3.71. The topological polar surface area (TPSA) is 96.8 Å². The van der Waals surface area contributed by atoms with Gasteiger partial charge in [-0.25, -0.2) is 4.68 Å². The maximum atomic E-state index is 10.9. The van der Waals surface area contributed by atoms with E-state index in [9.17, 15) is 10.1 Å². The highest BCUT2D eigenvalue weighted by atomic mass is 16.6. The van der Waals surface area contributed by atoms with Crippen LogP contribution in [0, 0.1) is 28.4 Å². The van der Waals surface area contributed by atoms with Gasteiger partial charge in [0.05, 0.1) is 11.0 Å². The zero-order valence-electron chi connectivity index (χ0n) is 9.93. The molecule has 1 rings (SSSR count). The van der Waals surface area contributed by atoms with Crippen LogP contribution in [-0.4, -0.2) is 21.2 Å². The van der Waals surface area contributed by atoms with Crippen LogP contribution in [0.15, 0.2) is 0 Å². The molecule has 7 heteroatoms. The van der Waals surface area contributed by atoms with Gasteiger partial charge in [0.1, 0.15) is 5.69 Å². The molecule has 0 fully saturated rings. The van der Waals surface area contributed by atoms with Gasteiger partial charge in [0.15, 0.2) is 0 Å². The average molecular weight is 237 g/mol. The number of anilines is 1. The Morgan fingerprint density at radius 1 is 1.59 bits per heavy atom. The third-order valence-corrected chi connectivity index (χ3v) is 2.38. The third kappa shape index (κ3) is 3.17. The van der Waals surface area contributed by atoms with Gasteiger partial charge in [-0.05, 0) is 19.8 Å². The maximum absolute atomic E-state index is 10.9. The first-order valence-electron chi connectivity index (χ1n) is 5.36. The van der Waals surface area contributed by atoms with Crippen molar-refractivity contribution in [2.24, 2.45) is 7.05 Å². The van der Waals surface area contributed by atoms with Crippen molar-refractivity contribution in [1.82, 2.24) is 9.78 Å². The summed E-state index contributed by atoms with van der Waals surface area (Å²) in [7, 11) is 1.66. The number of aromatic nitrogens is 2. The van der Waals surface area contributed by atoms with Crippen LogP contribution in [0.4, 0.5) is 11.5 Å². The van der Waals surface area contributed by atoms with Crippen molar-refractivity contribution in [1.29, 1.82) is 5.26 Å². The summed E-state index contributed by atoms with van der Waals surface area (Å²) in [5.74, 6) is 0.421. The van der Waals surface area contributed by atoms with Crippen LogP contribution in [0.3, 0.4) is 0 Å². The highest BCUT2D eigenvalue weighted by Gasteiger charge is 2.23. The van der Waals surface area contributed by atoms with Gasteiger partial charge in [-0.1, -0.05) is 0 Å². The summed E-state index contributed by atoms with van der Waals surface area (Å²) in [5.41, 5.74) is 0.421. The molecule has 0 aliphatic carbocycles. The molecule has 0 unspecified atom stereocenters.